The zero-order valence-corrected chi connectivity index (χ0v) is 22.3. The highest BCUT2D eigenvalue weighted by Gasteiger charge is 2.54. The summed E-state index contributed by atoms with van der Waals surface area (Å²) >= 11 is 0. The summed E-state index contributed by atoms with van der Waals surface area (Å²) in [5.74, 6) is 1.28. The molecule has 38 heavy (non-hydrogen) atoms. The van der Waals surface area contributed by atoms with E-state index in [-0.39, 0.29) is 23.9 Å². The van der Waals surface area contributed by atoms with E-state index in [4.69, 9.17) is 0 Å². The lowest BCUT2D eigenvalue weighted by Gasteiger charge is -2.34. The Bertz CT molecular complexity index is 1370. The Kier molecular flexibility index (Phi) is 6.75. The number of para-hydroxylation sites is 1. The minimum Gasteiger partial charge on any atom is -0.378 e. The smallest absolute Gasteiger partial charge is 0.253 e. The standard InChI is InChI=1S/C32H36N4O2/c1-21-8-10-23(11-9-21)28-30(31(28)37)35-17-19-36(20-18-35)32(38)25-12-14-26(15-13-25)34-22(2)27-7-3-5-24-6-4-16-33-29(24)27/h3-7,10,12-16,21-22,28,30,34H,8-9,11,17-20H2,1-2H3. The summed E-state index contributed by atoms with van der Waals surface area (Å²) < 4.78 is 0. The summed E-state index contributed by atoms with van der Waals surface area (Å²) in [5, 5.41) is 4.68. The third kappa shape index (κ3) is 4.85. The number of piperazine rings is 1. The SMILES string of the molecule is CC1CC=C(C2C(=O)C2N2CCN(C(=O)c3ccc(NC(C)c4cccc5cccnc45)cc3)CC2)CC1. The van der Waals surface area contributed by atoms with Gasteiger partial charge in [0.25, 0.3) is 5.91 Å². The fraction of sp³-hybridized carbons (Fsp3) is 0.406. The quantitative estimate of drug-likeness (QED) is 0.447. The number of rotatable bonds is 6. The number of hydrogen-bond acceptors (Lipinski definition) is 5. The molecule has 0 spiro atoms. The Morgan fingerprint density at radius 1 is 1.03 bits per heavy atom. The molecule has 2 fully saturated rings. The molecule has 1 aromatic heterocycles. The molecule has 0 bridgehead atoms. The summed E-state index contributed by atoms with van der Waals surface area (Å²) in [6, 6.07) is 18.2. The van der Waals surface area contributed by atoms with Crippen LogP contribution in [-0.4, -0.2) is 58.7 Å². The van der Waals surface area contributed by atoms with Crippen molar-refractivity contribution in [3.05, 3.63) is 83.6 Å². The first-order valence-electron chi connectivity index (χ1n) is 14.0. The third-order valence-electron chi connectivity index (χ3n) is 8.55. The molecule has 6 nitrogen and oxygen atoms in total. The van der Waals surface area contributed by atoms with Gasteiger partial charge >= 0.3 is 0 Å². The second-order valence-corrected chi connectivity index (χ2v) is 11.2. The lowest BCUT2D eigenvalue weighted by molar-refractivity contribution is -0.112. The molecule has 4 unspecified atom stereocenters. The number of nitrogens with one attached hydrogen (secondary N) is 1. The van der Waals surface area contributed by atoms with Crippen molar-refractivity contribution in [2.24, 2.45) is 11.8 Å². The third-order valence-corrected chi connectivity index (χ3v) is 8.55. The van der Waals surface area contributed by atoms with Gasteiger partial charge in [0.15, 0.2) is 5.78 Å². The number of carbonyl (C=O) groups is 2. The lowest BCUT2D eigenvalue weighted by atomic mass is 9.89. The zero-order chi connectivity index (χ0) is 26.2. The van der Waals surface area contributed by atoms with Gasteiger partial charge < -0.3 is 10.2 Å². The average Bonchev–Trinajstić information content (AvgIpc) is 3.63. The van der Waals surface area contributed by atoms with E-state index in [0.29, 0.717) is 24.4 Å². The minimum absolute atomic E-state index is 0.0381. The molecule has 6 rings (SSSR count). The highest BCUT2D eigenvalue weighted by Crippen LogP contribution is 2.42. The summed E-state index contributed by atoms with van der Waals surface area (Å²) in [6.07, 6.45) is 7.50. The van der Waals surface area contributed by atoms with E-state index < -0.39 is 0 Å². The number of benzene rings is 2. The Morgan fingerprint density at radius 3 is 2.53 bits per heavy atom. The summed E-state index contributed by atoms with van der Waals surface area (Å²) in [5.41, 5.74) is 5.18. The summed E-state index contributed by atoms with van der Waals surface area (Å²) in [6.45, 7) is 7.26. The van der Waals surface area contributed by atoms with Crippen molar-refractivity contribution in [3.8, 4) is 0 Å². The molecule has 6 heteroatoms. The molecule has 2 heterocycles. The van der Waals surface area contributed by atoms with Gasteiger partial charge in [-0.15, -0.1) is 0 Å². The molecular weight excluding hydrogens is 472 g/mol. The van der Waals surface area contributed by atoms with Gasteiger partial charge in [-0.1, -0.05) is 42.8 Å². The Balaban J connectivity index is 1.04. The number of aromatic nitrogens is 1. The Morgan fingerprint density at radius 2 is 1.79 bits per heavy atom. The van der Waals surface area contributed by atoms with Crippen molar-refractivity contribution in [1.29, 1.82) is 0 Å². The lowest BCUT2D eigenvalue weighted by Crippen LogP contribution is -2.50. The minimum atomic E-state index is 0.0381. The summed E-state index contributed by atoms with van der Waals surface area (Å²) in [4.78, 5) is 34.6. The van der Waals surface area contributed by atoms with Crippen LogP contribution < -0.4 is 5.32 Å². The van der Waals surface area contributed by atoms with E-state index in [2.05, 4.69) is 59.4 Å². The number of ketones is 1. The maximum absolute atomic E-state index is 13.2. The number of carbonyl (C=O) groups excluding carboxylic acids is 2. The fourth-order valence-electron chi connectivity index (χ4n) is 6.17. The molecule has 1 saturated heterocycles. The predicted octanol–water partition coefficient (Wildman–Crippen LogP) is 5.48. The van der Waals surface area contributed by atoms with E-state index in [1.54, 1.807) is 0 Å². The normalized spacial score (nSPS) is 24.7. The van der Waals surface area contributed by atoms with E-state index in [1.165, 1.54) is 12.0 Å². The summed E-state index contributed by atoms with van der Waals surface area (Å²) in [7, 11) is 0. The topological polar surface area (TPSA) is 65.5 Å². The number of Topliss-reactive ketones (excluding diaryl/α,β-unsaturated/α-hetero) is 1. The van der Waals surface area contributed by atoms with Crippen molar-refractivity contribution in [3.63, 3.8) is 0 Å². The number of hydrogen-bond donors (Lipinski definition) is 1. The van der Waals surface area contributed by atoms with E-state index in [0.717, 1.165) is 54.0 Å². The second kappa shape index (κ2) is 10.3. The molecule has 1 N–H and O–H groups in total. The average molecular weight is 509 g/mol. The largest absolute Gasteiger partial charge is 0.378 e. The van der Waals surface area contributed by atoms with Gasteiger partial charge in [0.2, 0.25) is 0 Å². The van der Waals surface area contributed by atoms with Crippen LogP contribution in [0.5, 0.6) is 0 Å². The molecular formula is C32H36N4O2. The van der Waals surface area contributed by atoms with Gasteiger partial charge in [0.1, 0.15) is 0 Å². The van der Waals surface area contributed by atoms with E-state index in [1.807, 2.05) is 41.4 Å². The van der Waals surface area contributed by atoms with Crippen molar-refractivity contribution >= 4 is 28.3 Å². The monoisotopic (exact) mass is 508 g/mol. The molecule has 1 aliphatic heterocycles. The predicted molar refractivity (Wildman–Crippen MR) is 151 cm³/mol. The van der Waals surface area contributed by atoms with Gasteiger partial charge in [0.05, 0.1) is 23.5 Å². The van der Waals surface area contributed by atoms with Crippen molar-refractivity contribution in [1.82, 2.24) is 14.8 Å². The molecule has 2 aliphatic carbocycles. The maximum atomic E-state index is 13.2. The van der Waals surface area contributed by atoms with Crippen LogP contribution >= 0.6 is 0 Å². The Hall–Kier alpha value is -3.51. The van der Waals surface area contributed by atoms with Crippen molar-refractivity contribution in [2.45, 2.75) is 45.2 Å². The first-order chi connectivity index (χ1) is 18.5. The second-order valence-electron chi connectivity index (χ2n) is 11.2. The van der Waals surface area contributed by atoms with Gasteiger partial charge in [0, 0.05) is 54.6 Å². The highest BCUT2D eigenvalue weighted by atomic mass is 16.2. The van der Waals surface area contributed by atoms with Crippen molar-refractivity contribution < 1.29 is 9.59 Å². The number of fused-ring (bicyclic) bond motifs is 1. The van der Waals surface area contributed by atoms with Gasteiger partial charge in [-0.3, -0.25) is 19.5 Å². The van der Waals surface area contributed by atoms with Crippen molar-refractivity contribution in [2.75, 3.05) is 31.5 Å². The molecule has 2 aromatic carbocycles. The van der Waals surface area contributed by atoms with Crippen LogP contribution in [0.15, 0.2) is 72.4 Å². The van der Waals surface area contributed by atoms with Gasteiger partial charge in [-0.25, -0.2) is 0 Å². The zero-order valence-electron chi connectivity index (χ0n) is 22.3. The van der Waals surface area contributed by atoms with Crippen LogP contribution in [0, 0.1) is 11.8 Å². The first kappa shape index (κ1) is 24.8. The van der Waals surface area contributed by atoms with Crippen LogP contribution in [-0.2, 0) is 4.79 Å². The van der Waals surface area contributed by atoms with Gasteiger partial charge in [-0.2, -0.15) is 0 Å². The maximum Gasteiger partial charge on any atom is 0.253 e. The van der Waals surface area contributed by atoms with E-state index in [9.17, 15) is 9.59 Å². The van der Waals surface area contributed by atoms with Crippen LogP contribution in [0.1, 0.15) is 55.1 Å². The first-order valence-corrected chi connectivity index (χ1v) is 14.0. The van der Waals surface area contributed by atoms with E-state index >= 15 is 0 Å². The fourth-order valence-corrected chi connectivity index (χ4v) is 6.17. The number of pyridine rings is 1. The number of amides is 1. The molecule has 196 valence electrons. The molecule has 3 aromatic rings. The Labute approximate surface area is 224 Å². The molecule has 0 radical (unpaired) electrons. The van der Waals surface area contributed by atoms with Gasteiger partial charge in [-0.05, 0) is 62.4 Å². The highest BCUT2D eigenvalue weighted by molar-refractivity contribution is 6.06. The number of allylic oxidation sites excluding steroid dienone is 1. The molecule has 1 amide bonds. The van der Waals surface area contributed by atoms with Crippen LogP contribution in [0.4, 0.5) is 5.69 Å². The molecule has 1 saturated carbocycles. The number of nitrogens with zero attached hydrogens (tertiary/aromatic N) is 3. The van der Waals surface area contributed by atoms with Crippen LogP contribution in [0.2, 0.25) is 0 Å². The van der Waals surface area contributed by atoms with Crippen LogP contribution in [0.25, 0.3) is 10.9 Å². The molecule has 4 atom stereocenters. The van der Waals surface area contributed by atoms with Crippen LogP contribution in [0.3, 0.4) is 0 Å². The number of anilines is 1. The molecule has 3 aliphatic rings.